The molecule has 0 spiro atoms. The molecule has 4 heteroatoms. The van der Waals surface area contributed by atoms with Crippen LogP contribution in [0.15, 0.2) is 73.3 Å². The van der Waals surface area contributed by atoms with Crippen molar-refractivity contribution in [2.24, 2.45) is 22.7 Å². The van der Waals surface area contributed by atoms with Crippen LogP contribution in [-0.2, 0) is 22.4 Å². The molecule has 2 aromatic carbocycles. The number of carbonyl (C=O) groups excluding carboxylic acids is 2. The maximum Gasteiger partial charge on any atom is 0.145 e. The lowest BCUT2D eigenvalue weighted by Crippen LogP contribution is -2.85. The van der Waals surface area contributed by atoms with Crippen molar-refractivity contribution in [2.45, 2.75) is 37.8 Å². The van der Waals surface area contributed by atoms with Gasteiger partial charge in [0, 0.05) is 44.6 Å². The van der Waals surface area contributed by atoms with Crippen LogP contribution in [0.2, 0.25) is 0 Å². The van der Waals surface area contributed by atoms with Crippen molar-refractivity contribution in [1.82, 2.24) is 9.80 Å². The lowest BCUT2D eigenvalue weighted by Gasteiger charge is -2.77. The van der Waals surface area contributed by atoms with E-state index in [1.54, 1.807) is 0 Å². The first-order valence-corrected chi connectivity index (χ1v) is 12.7. The molecular weight excluding hydrogens is 420 g/mol. The Morgan fingerprint density at radius 1 is 0.853 bits per heavy atom. The highest BCUT2D eigenvalue weighted by atomic mass is 16.1. The molecule has 4 saturated heterocycles. The smallest absolute Gasteiger partial charge is 0.145 e. The summed E-state index contributed by atoms with van der Waals surface area (Å²) in [5.41, 5.74) is 1.50. The average molecular weight is 455 g/mol. The molecule has 0 N–H and O–H groups in total. The molecule has 7 aliphatic rings. The zero-order valence-electron chi connectivity index (χ0n) is 20.0. The van der Waals surface area contributed by atoms with Crippen LogP contribution in [0.4, 0.5) is 0 Å². The molecule has 3 aliphatic carbocycles. The molecule has 34 heavy (non-hydrogen) atoms. The molecule has 6 atom stereocenters. The zero-order valence-corrected chi connectivity index (χ0v) is 20.0. The van der Waals surface area contributed by atoms with Crippen molar-refractivity contribution in [1.29, 1.82) is 0 Å². The number of fused-ring (bicyclic) bond motifs is 2. The van der Waals surface area contributed by atoms with Gasteiger partial charge in [-0.15, -0.1) is 6.58 Å². The highest BCUT2D eigenvalue weighted by Crippen LogP contribution is 2.71. The van der Waals surface area contributed by atoms with Gasteiger partial charge in [-0.1, -0.05) is 66.7 Å². The number of Topliss-reactive ketones (excluding diaryl/α,β-unsaturated/α-hetero) is 2. The maximum atomic E-state index is 14.2. The summed E-state index contributed by atoms with van der Waals surface area (Å²) >= 11 is 0. The summed E-state index contributed by atoms with van der Waals surface area (Å²) in [6, 6.07) is 20.6. The quantitative estimate of drug-likeness (QED) is 0.569. The molecule has 0 radical (unpaired) electrons. The molecular formula is C30H34N2O2. The van der Waals surface area contributed by atoms with E-state index < -0.39 is 0 Å². The predicted molar refractivity (Wildman–Crippen MR) is 133 cm³/mol. The van der Waals surface area contributed by atoms with E-state index in [9.17, 15) is 9.59 Å². The van der Waals surface area contributed by atoms with Crippen LogP contribution < -0.4 is 0 Å². The second kappa shape index (κ2) is 8.00. The van der Waals surface area contributed by atoms with Crippen molar-refractivity contribution >= 4 is 11.6 Å². The van der Waals surface area contributed by atoms with E-state index in [4.69, 9.17) is 0 Å². The van der Waals surface area contributed by atoms with E-state index >= 15 is 0 Å². The fourth-order valence-corrected chi connectivity index (χ4v) is 8.46. The summed E-state index contributed by atoms with van der Waals surface area (Å²) in [6.07, 6.45) is 4.57. The Balaban J connectivity index is 1.40. The molecule has 3 saturated carbocycles. The summed E-state index contributed by atoms with van der Waals surface area (Å²) in [4.78, 5) is 33.2. The largest absolute Gasteiger partial charge is 0.302 e. The van der Waals surface area contributed by atoms with Crippen LogP contribution in [0.3, 0.4) is 0 Å². The minimum absolute atomic E-state index is 0.126. The van der Waals surface area contributed by atoms with Gasteiger partial charge in [-0.2, -0.15) is 0 Å². The normalized spacial score (nSPS) is 36.0. The second-order valence-corrected chi connectivity index (χ2v) is 11.1. The van der Waals surface area contributed by atoms with Gasteiger partial charge in [-0.3, -0.25) is 14.5 Å². The number of nitrogens with zero attached hydrogens (tertiary/aromatic N) is 2. The van der Waals surface area contributed by atoms with Gasteiger partial charge in [0.05, 0.1) is 10.8 Å². The molecule has 2 aromatic rings. The van der Waals surface area contributed by atoms with Crippen molar-refractivity contribution in [3.8, 4) is 0 Å². The molecule has 0 amide bonds. The summed E-state index contributed by atoms with van der Waals surface area (Å²) < 4.78 is 0. The fraction of sp³-hybridized carbons (Fsp3) is 0.467. The number of carbonyl (C=O) groups is 2. The van der Waals surface area contributed by atoms with E-state index in [1.807, 2.05) is 42.5 Å². The summed E-state index contributed by atoms with van der Waals surface area (Å²) in [6.45, 7) is 6.63. The van der Waals surface area contributed by atoms with Gasteiger partial charge >= 0.3 is 0 Å². The van der Waals surface area contributed by atoms with E-state index in [1.165, 1.54) is 0 Å². The number of piperidine rings is 4. The average Bonchev–Trinajstić information content (AvgIpc) is 2.86. The van der Waals surface area contributed by atoms with Crippen molar-refractivity contribution in [3.63, 3.8) is 0 Å². The fourth-order valence-electron chi connectivity index (χ4n) is 8.46. The Labute approximate surface area is 202 Å². The molecule has 0 aromatic heterocycles. The van der Waals surface area contributed by atoms with E-state index in [2.05, 4.69) is 47.7 Å². The van der Waals surface area contributed by atoms with Gasteiger partial charge in [-0.25, -0.2) is 0 Å². The van der Waals surface area contributed by atoms with E-state index in [0.717, 1.165) is 43.6 Å². The second-order valence-electron chi connectivity index (χ2n) is 11.1. The van der Waals surface area contributed by atoms with Gasteiger partial charge in [-0.05, 0) is 42.9 Å². The standard InChI is InChI=1S/C30H34N2O2/c1-3-14-32-20-24-23-19-31(2)25-17-30(23,28(34)16-22-12-8-5-9-13-22)26(32)18-29(24,25)27(33)15-21-10-6-4-7-11-21/h3-13,23-26H,1,14-20H2,2H3. The Morgan fingerprint density at radius 2 is 1.35 bits per heavy atom. The first-order valence-electron chi connectivity index (χ1n) is 12.7. The highest BCUT2D eigenvalue weighted by molar-refractivity contribution is 5.94. The lowest BCUT2D eigenvalue weighted by molar-refractivity contribution is -0.270. The Bertz CT molecular complexity index is 1120. The summed E-state index contributed by atoms with van der Waals surface area (Å²) in [5.74, 6) is 1.26. The number of benzene rings is 2. The molecule has 6 bridgehead atoms. The minimum atomic E-state index is -0.353. The predicted octanol–water partition coefficient (Wildman–Crippen LogP) is 3.81. The molecule has 4 nitrogen and oxygen atoms in total. The van der Waals surface area contributed by atoms with E-state index in [0.29, 0.717) is 24.4 Å². The van der Waals surface area contributed by atoms with Crippen LogP contribution >= 0.6 is 0 Å². The van der Waals surface area contributed by atoms with E-state index in [-0.39, 0.29) is 34.7 Å². The first-order chi connectivity index (χ1) is 16.5. The highest BCUT2D eigenvalue weighted by Gasteiger charge is 2.78. The minimum Gasteiger partial charge on any atom is -0.302 e. The number of hydrogen-bond donors (Lipinski definition) is 0. The molecule has 4 aliphatic heterocycles. The Hall–Kier alpha value is -2.56. The topological polar surface area (TPSA) is 40.6 Å². The monoisotopic (exact) mass is 454 g/mol. The van der Waals surface area contributed by atoms with Crippen molar-refractivity contribution in [3.05, 3.63) is 84.4 Å². The van der Waals surface area contributed by atoms with Crippen molar-refractivity contribution < 1.29 is 9.59 Å². The van der Waals surface area contributed by atoms with Crippen molar-refractivity contribution in [2.75, 3.05) is 26.7 Å². The number of ketones is 2. The summed E-state index contributed by atoms with van der Waals surface area (Å²) in [7, 11) is 2.17. The molecule has 9 rings (SSSR count). The first kappa shape index (κ1) is 21.9. The van der Waals surface area contributed by atoms with Gasteiger partial charge in [0.1, 0.15) is 11.6 Å². The molecule has 7 fully saturated rings. The third-order valence-electron chi connectivity index (χ3n) is 9.77. The third kappa shape index (κ3) is 2.91. The van der Waals surface area contributed by atoms with Crippen LogP contribution in [0.25, 0.3) is 0 Å². The van der Waals surface area contributed by atoms with Gasteiger partial charge < -0.3 is 4.90 Å². The Morgan fingerprint density at radius 3 is 1.91 bits per heavy atom. The molecule has 4 heterocycles. The van der Waals surface area contributed by atoms with Crippen LogP contribution in [0.1, 0.15) is 24.0 Å². The SMILES string of the molecule is C=CCN1CC2C3CN(C)C4CC3(C(=O)Cc3ccccc3)C1CC24C(=O)Cc1ccccc1. The van der Waals surface area contributed by atoms with Gasteiger partial charge in [0.25, 0.3) is 0 Å². The number of rotatable bonds is 8. The zero-order chi connectivity index (χ0) is 23.5. The Kier molecular flexibility index (Phi) is 5.16. The van der Waals surface area contributed by atoms with Gasteiger partial charge in [0.2, 0.25) is 0 Å². The molecule has 6 unspecified atom stereocenters. The van der Waals surface area contributed by atoms with Gasteiger partial charge in [0.15, 0.2) is 0 Å². The third-order valence-corrected chi connectivity index (χ3v) is 9.77. The molecule has 176 valence electrons. The maximum absolute atomic E-state index is 14.2. The van der Waals surface area contributed by atoms with Crippen LogP contribution in [-0.4, -0.2) is 60.1 Å². The van der Waals surface area contributed by atoms with Crippen LogP contribution in [0, 0.1) is 22.7 Å². The number of hydrogen-bond acceptors (Lipinski definition) is 4. The summed E-state index contributed by atoms with van der Waals surface area (Å²) in [5, 5.41) is 0. The van der Waals surface area contributed by atoms with Crippen LogP contribution in [0.5, 0.6) is 0 Å². The lowest BCUT2D eigenvalue weighted by atomic mass is 9.34.